The molecule has 0 fully saturated rings. The Morgan fingerprint density at radius 1 is 0.271 bits per heavy atom. The molecule has 0 heterocycles. The normalized spacial score (nSPS) is 11.4. The number of nitrogens with one attached hydrogen (secondary N) is 6. The highest BCUT2D eigenvalue weighted by molar-refractivity contribution is 5.82. The van der Waals surface area contributed by atoms with Crippen LogP contribution in [0.15, 0.2) is 0 Å². The van der Waals surface area contributed by atoms with Crippen LogP contribution in [0.4, 0.5) is 0 Å². The molecule has 0 saturated heterocycles. The summed E-state index contributed by atoms with van der Waals surface area (Å²) in [7, 11) is 0. The molecule has 0 radical (unpaired) electrons. The quantitative estimate of drug-likeness (QED) is 0.0243. The van der Waals surface area contributed by atoms with Crippen molar-refractivity contribution in [1.29, 1.82) is 0 Å². The number of carbonyl (C=O) groups excluding carboxylic acids is 11. The highest BCUT2D eigenvalue weighted by atomic mass is 16.6. The first-order valence-electron chi connectivity index (χ1n) is 31.4. The van der Waals surface area contributed by atoms with Crippen LogP contribution >= 0.6 is 0 Å². The van der Waals surface area contributed by atoms with E-state index in [1.807, 2.05) is 0 Å². The molecule has 0 rings (SSSR count). The van der Waals surface area contributed by atoms with E-state index >= 15 is 0 Å². The Hall–Kier alpha value is -6.43. The van der Waals surface area contributed by atoms with Crippen molar-refractivity contribution in [2.24, 2.45) is 0 Å². The third-order valence-electron chi connectivity index (χ3n) is 11.4. The van der Waals surface area contributed by atoms with E-state index in [1.54, 1.807) is 20.8 Å². The molecule has 0 aromatic carbocycles. The second kappa shape index (κ2) is 62.1. The van der Waals surface area contributed by atoms with Crippen LogP contribution in [0.2, 0.25) is 0 Å². The molecule has 6 N–H and O–H groups in total. The fourth-order valence-corrected chi connectivity index (χ4v) is 6.88. The number of hydrogen-bond donors (Lipinski definition) is 6. The highest BCUT2D eigenvalue weighted by Crippen LogP contribution is 2.08. The van der Waals surface area contributed by atoms with Gasteiger partial charge in [-0.2, -0.15) is 0 Å². The van der Waals surface area contributed by atoms with E-state index in [4.69, 9.17) is 75.8 Å². The third kappa shape index (κ3) is 66.2. The first-order valence-corrected chi connectivity index (χ1v) is 31.4. The van der Waals surface area contributed by atoms with Crippen molar-refractivity contribution in [3.8, 4) is 0 Å². The highest BCUT2D eigenvalue weighted by Gasteiger charge is 2.20. The zero-order valence-corrected chi connectivity index (χ0v) is 55.4. The summed E-state index contributed by atoms with van der Waals surface area (Å²) in [6, 6.07) is 0. The van der Waals surface area contributed by atoms with Crippen LogP contribution in [0, 0.1) is 0 Å². The first-order chi connectivity index (χ1) is 46.0. The molecule has 0 unspecified atom stereocenters. The molecule has 0 aromatic heterocycles. The summed E-state index contributed by atoms with van der Waals surface area (Å²) in [5.74, 6) is -8.62. The van der Waals surface area contributed by atoms with Crippen LogP contribution in [0.25, 0.3) is 0 Å². The van der Waals surface area contributed by atoms with Crippen molar-refractivity contribution in [2.75, 3.05) is 218 Å². The maximum Gasteiger partial charge on any atom is 0.332 e. The third-order valence-corrected chi connectivity index (χ3v) is 11.4. The Labute approximate surface area is 558 Å². The number of amides is 6. The molecule has 0 saturated carbocycles. The topological polar surface area (TPSA) is 500 Å². The molecule has 0 aromatic rings. The van der Waals surface area contributed by atoms with Crippen LogP contribution < -0.4 is 52.3 Å². The van der Waals surface area contributed by atoms with Crippen LogP contribution in [-0.2, 0) is 129 Å². The molecule has 96 heavy (non-hydrogen) atoms. The lowest BCUT2D eigenvalue weighted by atomic mass is 10.2. The zero-order valence-electron chi connectivity index (χ0n) is 55.4. The summed E-state index contributed by atoms with van der Waals surface area (Å²) in [5, 5.41) is 57.6. The largest absolute Gasteiger partial charge is 0.550 e. The van der Waals surface area contributed by atoms with Crippen molar-refractivity contribution in [3.05, 3.63) is 0 Å². The molecule has 0 spiro atoms. The second-order valence-corrected chi connectivity index (χ2v) is 21.1. The standard InChI is InChI=1S/C59H104N6O31/c1-59(2,3)96-58(80)44-95-47(40-91-34-28-85-22-16-64-52(70)42-93-45(36-87-30-24-81-18-12-60-48(66)4-8-54(72)73)37-88-31-25-82-19-13-61-49(67)5-9-55(74)75)41-92-35-29-86-23-17-65-53(71)43-94-46(38-89-32-26-83-20-14-62-50(68)6-10-56(76)77)39-90-33-27-84-21-15-63-51(69)7-11-57(78)79/h45-47H,4-44H2,1-3H3,(H,60,66)(H,61,67)(H,62,68)(H,63,69)(H,64,70)(H,65,71)(H,72,73)(H,74,75)(H,76,77)(H,78,79)/p-4. The van der Waals surface area contributed by atoms with Crippen molar-refractivity contribution < 1.29 is 149 Å². The van der Waals surface area contributed by atoms with E-state index in [0.717, 1.165) is 0 Å². The molecule has 0 aliphatic rings. The average Bonchev–Trinajstić information content (AvgIpc) is 2.33. The summed E-state index contributed by atoms with van der Waals surface area (Å²) in [6.45, 7) is 7.52. The van der Waals surface area contributed by atoms with E-state index in [1.165, 1.54) is 0 Å². The molecular formula is C59H100N6O31-4. The minimum absolute atomic E-state index is 0.0119. The average molecular weight is 1390 g/mol. The van der Waals surface area contributed by atoms with E-state index in [-0.39, 0.29) is 243 Å². The van der Waals surface area contributed by atoms with Gasteiger partial charge >= 0.3 is 5.97 Å². The minimum atomic E-state index is -1.33. The SMILES string of the molecule is CC(C)(C)OC(=O)COC(COCCOCCNC(=O)COC(COCCOCCNC(=O)CCC(=O)[O-])COCCOCCNC(=O)CCC(=O)[O-])COCCOCCNC(=O)COC(COCCOCCNC(=O)CCC(=O)[O-])COCCOCCNC(=O)CCC(=O)[O-]. The fraction of sp³-hybridized carbons (Fsp3) is 0.814. The fourth-order valence-electron chi connectivity index (χ4n) is 6.88. The van der Waals surface area contributed by atoms with Crippen LogP contribution in [0.1, 0.15) is 72.1 Å². The first kappa shape index (κ1) is 89.6. The van der Waals surface area contributed by atoms with Gasteiger partial charge in [-0.05, 0) is 46.5 Å². The van der Waals surface area contributed by atoms with Crippen molar-refractivity contribution in [3.63, 3.8) is 0 Å². The number of rotatable bonds is 69. The zero-order chi connectivity index (χ0) is 71.1. The lowest BCUT2D eigenvalue weighted by Crippen LogP contribution is -2.35. The summed E-state index contributed by atoms with van der Waals surface area (Å²) >= 11 is 0. The number of aliphatic carboxylic acids is 4. The van der Waals surface area contributed by atoms with Gasteiger partial charge in [-0.15, -0.1) is 0 Å². The number of hydrogen-bond acceptors (Lipinski definition) is 31. The van der Waals surface area contributed by atoms with Crippen molar-refractivity contribution >= 4 is 65.3 Å². The monoisotopic (exact) mass is 1390 g/mol. The van der Waals surface area contributed by atoms with Gasteiger partial charge in [0.05, 0.1) is 159 Å². The molecule has 0 bridgehead atoms. The Balaban J connectivity index is 4.86. The predicted octanol–water partition coefficient (Wildman–Crippen LogP) is -8.50. The predicted molar refractivity (Wildman–Crippen MR) is 320 cm³/mol. The van der Waals surface area contributed by atoms with Gasteiger partial charge in [0.15, 0.2) is 0 Å². The van der Waals surface area contributed by atoms with E-state index in [2.05, 4.69) is 31.9 Å². The van der Waals surface area contributed by atoms with Gasteiger partial charge < -0.3 is 147 Å². The van der Waals surface area contributed by atoms with Gasteiger partial charge in [0.2, 0.25) is 35.4 Å². The summed E-state index contributed by atoms with van der Waals surface area (Å²) in [5.41, 5.74) is -0.744. The molecule has 0 atom stereocenters. The lowest BCUT2D eigenvalue weighted by Gasteiger charge is -2.22. The maximum absolute atomic E-state index is 12.7. The Morgan fingerprint density at radius 3 is 0.677 bits per heavy atom. The summed E-state index contributed by atoms with van der Waals surface area (Å²) in [6.07, 6.45) is -4.49. The molecule has 0 aliphatic heterocycles. The van der Waals surface area contributed by atoms with E-state index in [9.17, 15) is 73.2 Å². The van der Waals surface area contributed by atoms with Gasteiger partial charge in [-0.1, -0.05) is 0 Å². The van der Waals surface area contributed by atoms with Gasteiger partial charge in [-0.3, -0.25) is 28.8 Å². The molecule has 556 valence electrons. The summed E-state index contributed by atoms with van der Waals surface area (Å²) in [4.78, 5) is 126. The smallest absolute Gasteiger partial charge is 0.332 e. The van der Waals surface area contributed by atoms with Crippen molar-refractivity contribution in [2.45, 2.75) is 96.1 Å². The lowest BCUT2D eigenvalue weighted by molar-refractivity contribution is -0.307. The van der Waals surface area contributed by atoms with Gasteiger partial charge in [0.25, 0.3) is 0 Å². The van der Waals surface area contributed by atoms with Crippen LogP contribution in [0.3, 0.4) is 0 Å². The number of ether oxygens (including phenoxy) is 16. The molecule has 0 aliphatic carbocycles. The number of carboxylic acids is 4. The summed E-state index contributed by atoms with van der Waals surface area (Å²) < 4.78 is 89.5. The molecular weight excluding hydrogens is 1290 g/mol. The number of carbonyl (C=O) groups is 11. The Kier molecular flexibility index (Phi) is 58.0. The second-order valence-electron chi connectivity index (χ2n) is 21.1. The molecule has 37 nitrogen and oxygen atoms in total. The van der Waals surface area contributed by atoms with Gasteiger partial charge in [-0.25, -0.2) is 4.79 Å². The number of esters is 1. The van der Waals surface area contributed by atoms with Crippen molar-refractivity contribution in [1.82, 2.24) is 31.9 Å². The number of carboxylic acid groups (broad SMARTS) is 4. The van der Waals surface area contributed by atoms with E-state index in [0.29, 0.717) is 0 Å². The van der Waals surface area contributed by atoms with E-state index < -0.39 is 115 Å². The van der Waals surface area contributed by atoms with Gasteiger partial charge in [0.1, 0.15) is 43.7 Å². The molecule has 37 heteroatoms. The maximum atomic E-state index is 12.7. The van der Waals surface area contributed by atoms with Crippen LogP contribution in [0.5, 0.6) is 0 Å². The van der Waals surface area contributed by atoms with Gasteiger partial charge in [0, 0.05) is 88.8 Å². The minimum Gasteiger partial charge on any atom is -0.550 e. The Morgan fingerprint density at radius 2 is 0.469 bits per heavy atom. The van der Waals surface area contributed by atoms with Crippen LogP contribution in [-0.4, -0.2) is 307 Å². The Bertz CT molecular complexity index is 1910. The molecule has 6 amide bonds.